The standard InChI is InChI=1S/C29H30N4O3S2/c1-5-33-26(22-14-21(22)19-9-7-6-8-10-19)31-32-29(33)38-16-24(34)30-27-25(28(35)36-4)23(15-37-27)20-13-17(2)11-12-18(20)3/h6-13,15,21-22H,5,14,16H2,1-4H3,(H,30,34). The lowest BCUT2D eigenvalue weighted by molar-refractivity contribution is -0.113. The van der Waals surface area contributed by atoms with Gasteiger partial charge in [0.15, 0.2) is 5.16 Å². The summed E-state index contributed by atoms with van der Waals surface area (Å²) < 4.78 is 7.18. The highest BCUT2D eigenvalue weighted by molar-refractivity contribution is 7.99. The Balaban J connectivity index is 1.29. The minimum Gasteiger partial charge on any atom is -0.465 e. The Kier molecular flexibility index (Phi) is 7.67. The molecule has 1 amide bonds. The largest absolute Gasteiger partial charge is 0.465 e. The van der Waals surface area contributed by atoms with Crippen molar-refractivity contribution in [1.29, 1.82) is 0 Å². The minimum absolute atomic E-state index is 0.155. The number of nitrogens with zero attached hydrogens (tertiary/aromatic N) is 3. The molecular formula is C29H30N4O3S2. The van der Waals surface area contributed by atoms with Crippen molar-refractivity contribution in [3.63, 3.8) is 0 Å². The Morgan fingerprint density at radius 3 is 2.63 bits per heavy atom. The summed E-state index contributed by atoms with van der Waals surface area (Å²) in [5.41, 5.74) is 5.56. The topological polar surface area (TPSA) is 86.1 Å². The smallest absolute Gasteiger partial charge is 0.341 e. The quantitative estimate of drug-likeness (QED) is 0.192. The number of benzene rings is 2. The van der Waals surface area contributed by atoms with Gasteiger partial charge in [0.1, 0.15) is 16.4 Å². The number of esters is 1. The van der Waals surface area contributed by atoms with E-state index in [1.165, 1.54) is 35.8 Å². The summed E-state index contributed by atoms with van der Waals surface area (Å²) >= 11 is 2.68. The summed E-state index contributed by atoms with van der Waals surface area (Å²) in [6.45, 7) is 6.82. The summed E-state index contributed by atoms with van der Waals surface area (Å²) in [4.78, 5) is 25.7. The number of thiophene rings is 1. The van der Waals surface area contributed by atoms with Crippen LogP contribution in [0, 0.1) is 13.8 Å². The molecule has 0 spiro atoms. The maximum Gasteiger partial charge on any atom is 0.341 e. The van der Waals surface area contributed by atoms with Gasteiger partial charge in [-0.05, 0) is 49.8 Å². The van der Waals surface area contributed by atoms with E-state index in [1.54, 1.807) is 0 Å². The first kappa shape index (κ1) is 26.2. The van der Waals surface area contributed by atoms with E-state index >= 15 is 0 Å². The van der Waals surface area contributed by atoms with Gasteiger partial charge in [-0.2, -0.15) is 0 Å². The average Bonchev–Trinajstić information content (AvgIpc) is 3.45. The normalized spacial score (nSPS) is 16.3. The SMILES string of the molecule is CCn1c(SCC(=O)Nc2scc(-c3cc(C)ccc3C)c2C(=O)OC)nnc1C1CC1c1ccccc1. The van der Waals surface area contributed by atoms with Crippen molar-refractivity contribution >= 4 is 40.0 Å². The maximum absolute atomic E-state index is 13.0. The van der Waals surface area contributed by atoms with Gasteiger partial charge in [0.05, 0.1) is 12.9 Å². The molecule has 1 aliphatic rings. The van der Waals surface area contributed by atoms with Crippen LogP contribution in [0.4, 0.5) is 5.00 Å². The summed E-state index contributed by atoms with van der Waals surface area (Å²) in [5, 5.41) is 14.9. The zero-order chi connectivity index (χ0) is 26.8. The molecule has 1 saturated carbocycles. The zero-order valence-electron chi connectivity index (χ0n) is 21.9. The number of nitrogens with one attached hydrogen (secondary N) is 1. The molecule has 1 N–H and O–H groups in total. The molecule has 2 atom stereocenters. The first-order valence-electron chi connectivity index (χ1n) is 12.6. The Hall–Kier alpha value is -3.43. The van der Waals surface area contributed by atoms with E-state index in [-0.39, 0.29) is 11.7 Å². The van der Waals surface area contributed by atoms with E-state index in [4.69, 9.17) is 4.74 Å². The number of aryl methyl sites for hydroxylation is 2. The number of ether oxygens (including phenoxy) is 1. The molecule has 1 fully saturated rings. The van der Waals surface area contributed by atoms with Crippen molar-refractivity contribution in [2.45, 2.75) is 50.7 Å². The second kappa shape index (κ2) is 11.1. The molecule has 1 aliphatic carbocycles. The number of hydrogen-bond acceptors (Lipinski definition) is 7. The molecule has 9 heteroatoms. The molecule has 196 valence electrons. The van der Waals surface area contributed by atoms with E-state index in [0.29, 0.717) is 22.4 Å². The summed E-state index contributed by atoms with van der Waals surface area (Å²) in [7, 11) is 1.35. The van der Waals surface area contributed by atoms with E-state index in [1.807, 2.05) is 43.5 Å². The minimum atomic E-state index is -0.474. The second-order valence-corrected chi connectivity index (χ2v) is 11.3. The number of amides is 1. The van der Waals surface area contributed by atoms with Crippen molar-refractivity contribution in [2.24, 2.45) is 0 Å². The van der Waals surface area contributed by atoms with Crippen LogP contribution in [0.5, 0.6) is 0 Å². The highest BCUT2D eigenvalue weighted by Gasteiger charge is 2.43. The Bertz CT molecular complexity index is 1480. The second-order valence-electron chi connectivity index (χ2n) is 9.44. The first-order valence-corrected chi connectivity index (χ1v) is 14.5. The highest BCUT2D eigenvalue weighted by atomic mass is 32.2. The Morgan fingerprint density at radius 1 is 1.11 bits per heavy atom. The lowest BCUT2D eigenvalue weighted by Gasteiger charge is -2.10. The monoisotopic (exact) mass is 546 g/mol. The lowest BCUT2D eigenvalue weighted by Crippen LogP contribution is -2.16. The van der Waals surface area contributed by atoms with Gasteiger partial charge in [0.2, 0.25) is 5.91 Å². The van der Waals surface area contributed by atoms with Crippen LogP contribution in [0.25, 0.3) is 11.1 Å². The molecule has 0 radical (unpaired) electrons. The predicted octanol–water partition coefficient (Wildman–Crippen LogP) is 6.43. The molecule has 0 saturated heterocycles. The fraction of sp³-hybridized carbons (Fsp3) is 0.310. The molecule has 2 aromatic carbocycles. The van der Waals surface area contributed by atoms with Crippen LogP contribution >= 0.6 is 23.1 Å². The van der Waals surface area contributed by atoms with Crippen molar-refractivity contribution in [2.75, 3.05) is 18.2 Å². The van der Waals surface area contributed by atoms with Gasteiger partial charge in [0, 0.05) is 23.4 Å². The van der Waals surface area contributed by atoms with Crippen molar-refractivity contribution < 1.29 is 14.3 Å². The third-order valence-corrected chi connectivity index (χ3v) is 8.72. The highest BCUT2D eigenvalue weighted by Crippen LogP contribution is 2.54. The fourth-order valence-electron chi connectivity index (χ4n) is 4.80. The summed E-state index contributed by atoms with van der Waals surface area (Å²) in [5.74, 6) is 1.27. The van der Waals surface area contributed by atoms with Crippen LogP contribution in [0.3, 0.4) is 0 Å². The van der Waals surface area contributed by atoms with Gasteiger partial charge < -0.3 is 14.6 Å². The molecular weight excluding hydrogens is 516 g/mol. The number of carbonyl (C=O) groups excluding carboxylic acids is 2. The van der Waals surface area contributed by atoms with Crippen LogP contribution in [0.15, 0.2) is 59.1 Å². The first-order chi connectivity index (χ1) is 18.4. The van der Waals surface area contributed by atoms with Crippen LogP contribution < -0.4 is 5.32 Å². The molecule has 2 heterocycles. The molecule has 0 aliphatic heterocycles. The van der Waals surface area contributed by atoms with E-state index in [0.717, 1.165) is 46.2 Å². The molecule has 38 heavy (non-hydrogen) atoms. The summed E-state index contributed by atoms with van der Waals surface area (Å²) in [6.07, 6.45) is 1.06. The van der Waals surface area contributed by atoms with Gasteiger partial charge in [-0.1, -0.05) is 65.9 Å². The van der Waals surface area contributed by atoms with Crippen LogP contribution in [0.1, 0.15) is 58.1 Å². The number of anilines is 1. The fourth-order valence-corrected chi connectivity index (χ4v) is 6.57. The number of thioether (sulfide) groups is 1. The van der Waals surface area contributed by atoms with Crippen molar-refractivity contribution in [3.05, 3.63) is 82.0 Å². The number of aromatic nitrogens is 3. The van der Waals surface area contributed by atoms with Gasteiger partial charge in [0.25, 0.3) is 0 Å². The van der Waals surface area contributed by atoms with E-state index in [2.05, 4.69) is 51.3 Å². The van der Waals surface area contributed by atoms with Crippen molar-refractivity contribution in [3.8, 4) is 11.1 Å². The van der Waals surface area contributed by atoms with Crippen LogP contribution in [-0.2, 0) is 16.1 Å². The zero-order valence-corrected chi connectivity index (χ0v) is 23.5. The molecule has 0 bridgehead atoms. The maximum atomic E-state index is 13.0. The van der Waals surface area contributed by atoms with Crippen LogP contribution in [-0.4, -0.2) is 39.5 Å². The Labute approximate surface area is 230 Å². The number of hydrogen-bond donors (Lipinski definition) is 1. The van der Waals surface area contributed by atoms with Gasteiger partial charge in [-0.15, -0.1) is 21.5 Å². The molecule has 2 aromatic heterocycles. The molecule has 7 nitrogen and oxygen atoms in total. The predicted molar refractivity (Wildman–Crippen MR) is 152 cm³/mol. The van der Waals surface area contributed by atoms with E-state index in [9.17, 15) is 9.59 Å². The van der Waals surface area contributed by atoms with Crippen molar-refractivity contribution in [1.82, 2.24) is 14.8 Å². The van der Waals surface area contributed by atoms with Gasteiger partial charge >= 0.3 is 5.97 Å². The third kappa shape index (κ3) is 5.26. The number of methoxy groups -OCH3 is 1. The van der Waals surface area contributed by atoms with Crippen LogP contribution in [0.2, 0.25) is 0 Å². The molecule has 5 rings (SSSR count). The average molecular weight is 547 g/mol. The molecule has 4 aromatic rings. The number of rotatable bonds is 9. The van der Waals surface area contributed by atoms with Gasteiger partial charge in [-0.3, -0.25) is 4.79 Å². The lowest BCUT2D eigenvalue weighted by atomic mass is 9.97. The summed E-state index contributed by atoms with van der Waals surface area (Å²) in [6, 6.07) is 16.6. The van der Waals surface area contributed by atoms with Gasteiger partial charge in [-0.25, -0.2) is 4.79 Å². The third-order valence-electron chi connectivity index (χ3n) is 6.86. The Morgan fingerprint density at radius 2 is 1.89 bits per heavy atom. The number of carbonyl (C=O) groups is 2. The van der Waals surface area contributed by atoms with E-state index < -0.39 is 5.97 Å². The molecule has 2 unspecified atom stereocenters.